The summed E-state index contributed by atoms with van der Waals surface area (Å²) in [5.41, 5.74) is 11.9. The van der Waals surface area contributed by atoms with Gasteiger partial charge in [0.15, 0.2) is 0 Å². The van der Waals surface area contributed by atoms with E-state index in [0.29, 0.717) is 0 Å². The molecular weight excluding hydrogens is 857 g/mol. The summed E-state index contributed by atoms with van der Waals surface area (Å²) in [5, 5.41) is 17.2. The number of para-hydroxylation sites is 1. The van der Waals surface area contributed by atoms with Gasteiger partial charge in [-0.2, -0.15) is 0 Å². The van der Waals surface area contributed by atoms with Crippen LogP contribution in [0.15, 0.2) is 221 Å². The van der Waals surface area contributed by atoms with Crippen molar-refractivity contribution in [2.24, 2.45) is 4.99 Å². The molecule has 3 heterocycles. The molecule has 0 N–H and O–H groups in total. The van der Waals surface area contributed by atoms with Gasteiger partial charge >= 0.3 is 0 Å². The van der Waals surface area contributed by atoms with E-state index in [1.165, 1.54) is 102 Å². The fourth-order valence-corrected chi connectivity index (χ4v) is 12.3. The third kappa shape index (κ3) is 6.22. The third-order valence-electron chi connectivity index (χ3n) is 14.8. The second kappa shape index (κ2) is 15.4. The molecule has 0 bridgehead atoms. The number of benzene rings is 11. The molecule has 0 unspecified atom stereocenters. The molecule has 11 aromatic carbocycles. The highest BCUT2D eigenvalue weighted by molar-refractivity contribution is 7.26. The number of furan rings is 1. The van der Waals surface area contributed by atoms with E-state index in [1.807, 2.05) is 17.4 Å². The Morgan fingerprint density at radius 3 is 1.91 bits per heavy atom. The standard InChI is InChI=1S/C65H44N2OS/c1-38(39(2)63(66-40(3)44-25-24-41-14-4-5-17-45(41)32-44)48-27-29-53-52-22-12-13-23-59(52)68-60(53)37-48)49-34-56-62-50-20-10-8-15-42(50)28-31-61(62)69-65(56)58(36-49)67-57-35-47-19-7-6-18-46(47)33-55(57)54-30-26-43-16-9-11-21-51(43)64(54)67/h4-37,40H,1-3H3/b39-38+,66-63+/t40-/m0/s1. The van der Waals surface area contributed by atoms with Crippen molar-refractivity contribution in [1.82, 2.24) is 4.57 Å². The minimum atomic E-state index is -0.121. The van der Waals surface area contributed by atoms with Crippen LogP contribution >= 0.6 is 11.3 Å². The summed E-state index contributed by atoms with van der Waals surface area (Å²) in [6.07, 6.45) is 0. The number of nitrogens with zero attached hydrogens (tertiary/aromatic N) is 2. The van der Waals surface area contributed by atoms with E-state index in [2.05, 4.69) is 226 Å². The van der Waals surface area contributed by atoms with Gasteiger partial charge in [-0.25, -0.2) is 0 Å². The molecule has 0 saturated heterocycles. The average molecular weight is 901 g/mol. The van der Waals surface area contributed by atoms with E-state index in [4.69, 9.17) is 9.41 Å². The highest BCUT2D eigenvalue weighted by Gasteiger charge is 2.23. The van der Waals surface area contributed by atoms with Crippen LogP contribution in [0.25, 0.3) is 118 Å². The molecule has 0 amide bonds. The van der Waals surface area contributed by atoms with Crippen molar-refractivity contribution in [2.45, 2.75) is 26.8 Å². The van der Waals surface area contributed by atoms with Crippen LogP contribution in [-0.4, -0.2) is 10.3 Å². The molecule has 14 aromatic rings. The molecule has 1 atom stereocenters. The Morgan fingerprint density at radius 2 is 1.10 bits per heavy atom. The van der Waals surface area contributed by atoms with Crippen LogP contribution in [0.1, 0.15) is 43.5 Å². The number of aliphatic imine (C=N–C) groups is 1. The zero-order chi connectivity index (χ0) is 45.9. The van der Waals surface area contributed by atoms with Gasteiger partial charge in [0.2, 0.25) is 0 Å². The quantitative estimate of drug-likeness (QED) is 0.153. The monoisotopic (exact) mass is 900 g/mol. The lowest BCUT2D eigenvalue weighted by molar-refractivity contribution is 0.669. The summed E-state index contributed by atoms with van der Waals surface area (Å²) >= 11 is 1.90. The predicted octanol–water partition coefficient (Wildman–Crippen LogP) is 18.7. The third-order valence-corrected chi connectivity index (χ3v) is 16.0. The maximum absolute atomic E-state index is 6.53. The molecule has 4 heteroatoms. The summed E-state index contributed by atoms with van der Waals surface area (Å²) in [6, 6.07) is 75.5. The molecule has 3 nitrogen and oxygen atoms in total. The molecule has 3 aromatic heterocycles. The average Bonchev–Trinajstić information content (AvgIpc) is 4.08. The van der Waals surface area contributed by atoms with Crippen molar-refractivity contribution in [3.63, 3.8) is 0 Å². The highest BCUT2D eigenvalue weighted by Crippen LogP contribution is 2.47. The van der Waals surface area contributed by atoms with Gasteiger partial charge in [0, 0.05) is 48.0 Å². The van der Waals surface area contributed by atoms with Crippen LogP contribution < -0.4 is 0 Å². The number of allylic oxidation sites excluding steroid dienone is 2. The van der Waals surface area contributed by atoms with E-state index < -0.39 is 0 Å². The van der Waals surface area contributed by atoms with Crippen LogP contribution in [0.3, 0.4) is 0 Å². The lowest BCUT2D eigenvalue weighted by atomic mass is 9.92. The first kappa shape index (κ1) is 39.8. The Bertz CT molecular complexity index is 4540. The van der Waals surface area contributed by atoms with Gasteiger partial charge in [0.25, 0.3) is 0 Å². The summed E-state index contributed by atoms with van der Waals surface area (Å²) in [7, 11) is 0. The first-order valence-corrected chi connectivity index (χ1v) is 24.6. The summed E-state index contributed by atoms with van der Waals surface area (Å²) in [5.74, 6) is 0. The molecule has 0 spiro atoms. The van der Waals surface area contributed by atoms with Crippen molar-refractivity contribution in [2.75, 3.05) is 0 Å². The number of fused-ring (bicyclic) bond motifs is 15. The maximum Gasteiger partial charge on any atom is 0.136 e. The first-order chi connectivity index (χ1) is 33.9. The van der Waals surface area contributed by atoms with Gasteiger partial charge in [-0.05, 0) is 135 Å². The van der Waals surface area contributed by atoms with E-state index in [9.17, 15) is 0 Å². The Hall–Kier alpha value is -8.31. The largest absolute Gasteiger partial charge is 0.456 e. The smallest absolute Gasteiger partial charge is 0.136 e. The SMILES string of the molecule is CC(/C(=N\[C@@H](C)c1ccc2ccccc2c1)c1ccc2c(c1)oc1ccccc12)=C(/C)c1cc(-n2c3cc4ccccc4cc3c3ccc4ccccc4c32)c2sc3ccc4ccccc4c3c2c1. The van der Waals surface area contributed by atoms with Crippen molar-refractivity contribution in [1.29, 1.82) is 0 Å². The van der Waals surface area contributed by atoms with Crippen molar-refractivity contribution >= 4 is 130 Å². The minimum absolute atomic E-state index is 0.121. The number of rotatable bonds is 6. The van der Waals surface area contributed by atoms with E-state index in [0.717, 1.165) is 44.4 Å². The Balaban J connectivity index is 1.07. The van der Waals surface area contributed by atoms with Crippen LogP contribution in [0.5, 0.6) is 0 Å². The lowest BCUT2D eigenvalue weighted by Crippen LogP contribution is -2.08. The predicted molar refractivity (Wildman–Crippen MR) is 297 cm³/mol. The Morgan fingerprint density at radius 1 is 0.478 bits per heavy atom. The summed E-state index contributed by atoms with van der Waals surface area (Å²) in [4.78, 5) is 5.71. The zero-order valence-corrected chi connectivity index (χ0v) is 39.2. The topological polar surface area (TPSA) is 30.4 Å². The van der Waals surface area contributed by atoms with E-state index in [1.54, 1.807) is 0 Å². The second-order valence-electron chi connectivity index (χ2n) is 18.7. The van der Waals surface area contributed by atoms with Gasteiger partial charge in [0.1, 0.15) is 11.2 Å². The fourth-order valence-electron chi connectivity index (χ4n) is 11.1. The molecule has 0 radical (unpaired) electrons. The molecule has 14 rings (SSSR count). The molecule has 69 heavy (non-hydrogen) atoms. The van der Waals surface area contributed by atoms with Crippen LogP contribution in [0.2, 0.25) is 0 Å². The van der Waals surface area contributed by atoms with Crippen molar-refractivity contribution in [3.8, 4) is 5.69 Å². The van der Waals surface area contributed by atoms with Gasteiger partial charge < -0.3 is 8.98 Å². The van der Waals surface area contributed by atoms with E-state index in [-0.39, 0.29) is 6.04 Å². The van der Waals surface area contributed by atoms with Crippen molar-refractivity contribution < 1.29 is 4.42 Å². The van der Waals surface area contributed by atoms with Crippen molar-refractivity contribution in [3.05, 3.63) is 229 Å². The molecular formula is C65H44N2OS. The first-order valence-electron chi connectivity index (χ1n) is 23.8. The Kier molecular flexibility index (Phi) is 8.87. The fraction of sp³-hybridized carbons (Fsp3) is 0.0615. The number of hydrogen-bond acceptors (Lipinski definition) is 3. The minimum Gasteiger partial charge on any atom is -0.456 e. The summed E-state index contributed by atoms with van der Waals surface area (Å²) in [6.45, 7) is 6.77. The molecule has 0 aliphatic heterocycles. The van der Waals surface area contributed by atoms with Gasteiger partial charge in [-0.15, -0.1) is 11.3 Å². The highest BCUT2D eigenvalue weighted by atomic mass is 32.1. The number of thiophene rings is 1. The van der Waals surface area contributed by atoms with Crippen LogP contribution in [-0.2, 0) is 0 Å². The maximum atomic E-state index is 6.53. The molecule has 0 aliphatic carbocycles. The number of hydrogen-bond donors (Lipinski definition) is 0. The van der Waals surface area contributed by atoms with E-state index >= 15 is 0 Å². The van der Waals surface area contributed by atoms with Gasteiger partial charge in [0.05, 0.1) is 33.2 Å². The number of aromatic nitrogens is 1. The summed E-state index contributed by atoms with van der Waals surface area (Å²) < 4.78 is 11.7. The van der Waals surface area contributed by atoms with Crippen LogP contribution in [0.4, 0.5) is 0 Å². The van der Waals surface area contributed by atoms with Crippen LogP contribution in [0, 0.1) is 0 Å². The zero-order valence-electron chi connectivity index (χ0n) is 38.4. The molecule has 0 aliphatic rings. The normalized spacial score (nSPS) is 13.4. The van der Waals surface area contributed by atoms with Gasteiger partial charge in [-0.3, -0.25) is 4.99 Å². The molecule has 0 fully saturated rings. The second-order valence-corrected chi connectivity index (χ2v) is 19.7. The lowest BCUT2D eigenvalue weighted by Gasteiger charge is -2.18. The Labute approximate surface area is 402 Å². The molecule has 0 saturated carbocycles. The van der Waals surface area contributed by atoms with Gasteiger partial charge in [-0.1, -0.05) is 152 Å². The molecule has 326 valence electrons.